The van der Waals surface area contributed by atoms with Gasteiger partial charge in [-0.3, -0.25) is 10.1 Å². The zero-order chi connectivity index (χ0) is 12.3. The molecule has 0 unspecified atom stereocenters. The molecule has 0 heterocycles. The van der Waals surface area contributed by atoms with Crippen LogP contribution in [0, 0.1) is 15.9 Å². The van der Waals surface area contributed by atoms with Gasteiger partial charge in [0.25, 0.3) is 5.69 Å². The second-order valence-electron chi connectivity index (χ2n) is 4.39. The maximum atomic E-state index is 13.1. The molecule has 0 amide bonds. The van der Waals surface area contributed by atoms with Gasteiger partial charge in [0.2, 0.25) is 0 Å². The number of nitrogens with one attached hydrogen (secondary N) is 1. The standard InChI is InChI=1S/C12H15FN2O2/c13-10-5-6-12(15(16)17)9(7-10)8-14-11-3-1-2-4-11/h5-7,11,14H,1-4,8H2. The quantitative estimate of drug-likeness (QED) is 0.648. The van der Waals surface area contributed by atoms with Crippen LogP contribution < -0.4 is 5.32 Å². The molecule has 2 rings (SSSR count). The highest BCUT2D eigenvalue weighted by Gasteiger charge is 2.18. The Balaban J connectivity index is 2.07. The Kier molecular flexibility index (Phi) is 3.68. The average Bonchev–Trinajstić information content (AvgIpc) is 2.78. The lowest BCUT2D eigenvalue weighted by atomic mass is 10.1. The van der Waals surface area contributed by atoms with Crippen LogP contribution in [-0.2, 0) is 6.54 Å². The molecule has 1 fully saturated rings. The summed E-state index contributed by atoms with van der Waals surface area (Å²) in [6, 6.07) is 4.00. The van der Waals surface area contributed by atoms with Gasteiger partial charge in [-0.2, -0.15) is 0 Å². The van der Waals surface area contributed by atoms with E-state index in [1.807, 2.05) is 0 Å². The molecule has 1 aromatic carbocycles. The van der Waals surface area contributed by atoms with Gasteiger partial charge < -0.3 is 5.32 Å². The summed E-state index contributed by atoms with van der Waals surface area (Å²) in [5, 5.41) is 14.0. The van der Waals surface area contributed by atoms with E-state index in [0.717, 1.165) is 18.9 Å². The predicted octanol–water partition coefficient (Wildman–Crippen LogP) is 2.77. The van der Waals surface area contributed by atoms with E-state index in [9.17, 15) is 14.5 Å². The van der Waals surface area contributed by atoms with Crippen LogP contribution >= 0.6 is 0 Å². The van der Waals surface area contributed by atoms with E-state index in [1.165, 1.54) is 25.0 Å². The van der Waals surface area contributed by atoms with Crippen molar-refractivity contribution in [1.82, 2.24) is 5.32 Å². The van der Waals surface area contributed by atoms with Gasteiger partial charge in [0.15, 0.2) is 0 Å². The van der Waals surface area contributed by atoms with Crippen LogP contribution in [0.25, 0.3) is 0 Å². The maximum Gasteiger partial charge on any atom is 0.274 e. The molecule has 1 aliphatic rings. The highest BCUT2D eigenvalue weighted by molar-refractivity contribution is 5.40. The van der Waals surface area contributed by atoms with Crippen LogP contribution in [0.3, 0.4) is 0 Å². The second kappa shape index (κ2) is 5.23. The van der Waals surface area contributed by atoms with Crippen molar-refractivity contribution < 1.29 is 9.31 Å². The summed E-state index contributed by atoms with van der Waals surface area (Å²) < 4.78 is 13.1. The summed E-state index contributed by atoms with van der Waals surface area (Å²) >= 11 is 0. The third kappa shape index (κ3) is 3.00. The third-order valence-electron chi connectivity index (χ3n) is 3.17. The van der Waals surface area contributed by atoms with Crippen molar-refractivity contribution in [2.45, 2.75) is 38.3 Å². The van der Waals surface area contributed by atoms with Crippen LogP contribution in [0.1, 0.15) is 31.2 Å². The van der Waals surface area contributed by atoms with Gasteiger partial charge in [0.1, 0.15) is 5.82 Å². The lowest BCUT2D eigenvalue weighted by molar-refractivity contribution is -0.385. The molecule has 4 nitrogen and oxygen atoms in total. The molecule has 5 heteroatoms. The summed E-state index contributed by atoms with van der Waals surface area (Å²) in [6.07, 6.45) is 4.60. The first-order valence-corrected chi connectivity index (χ1v) is 5.83. The molecule has 1 aromatic rings. The Morgan fingerprint density at radius 3 is 2.76 bits per heavy atom. The SMILES string of the molecule is O=[N+]([O-])c1ccc(F)cc1CNC1CCCC1. The number of benzene rings is 1. The van der Waals surface area contributed by atoms with Crippen LogP contribution in [-0.4, -0.2) is 11.0 Å². The minimum atomic E-state index is -0.467. The molecule has 0 bridgehead atoms. The van der Waals surface area contributed by atoms with Crippen molar-refractivity contribution in [2.24, 2.45) is 0 Å². The number of rotatable bonds is 4. The van der Waals surface area contributed by atoms with Gasteiger partial charge in [-0.05, 0) is 25.0 Å². The largest absolute Gasteiger partial charge is 0.310 e. The van der Waals surface area contributed by atoms with E-state index in [-0.39, 0.29) is 5.69 Å². The minimum absolute atomic E-state index is 0.0168. The first-order chi connectivity index (χ1) is 8.16. The summed E-state index contributed by atoms with van der Waals surface area (Å²) in [7, 11) is 0. The molecular formula is C12H15FN2O2. The Hall–Kier alpha value is -1.49. The van der Waals surface area contributed by atoms with Gasteiger partial charge in [-0.25, -0.2) is 4.39 Å². The normalized spacial score (nSPS) is 16.3. The van der Waals surface area contributed by atoms with Gasteiger partial charge in [0, 0.05) is 24.2 Å². The Morgan fingerprint density at radius 1 is 1.41 bits per heavy atom. The molecule has 0 atom stereocenters. The molecule has 0 aromatic heterocycles. The number of nitro benzene ring substituents is 1. The van der Waals surface area contributed by atoms with E-state index >= 15 is 0 Å². The summed E-state index contributed by atoms with van der Waals surface area (Å²) in [6.45, 7) is 0.360. The lowest BCUT2D eigenvalue weighted by Crippen LogP contribution is -2.25. The van der Waals surface area contributed by atoms with E-state index in [2.05, 4.69) is 5.32 Å². The number of nitro groups is 1. The Labute approximate surface area is 99.0 Å². The molecule has 0 aliphatic heterocycles. The molecule has 1 aliphatic carbocycles. The summed E-state index contributed by atoms with van der Waals surface area (Å²) in [4.78, 5) is 10.3. The highest BCUT2D eigenvalue weighted by atomic mass is 19.1. The van der Waals surface area contributed by atoms with E-state index in [1.54, 1.807) is 0 Å². The van der Waals surface area contributed by atoms with Crippen molar-refractivity contribution in [2.75, 3.05) is 0 Å². The lowest BCUT2D eigenvalue weighted by Gasteiger charge is -2.11. The zero-order valence-corrected chi connectivity index (χ0v) is 9.49. The third-order valence-corrected chi connectivity index (χ3v) is 3.17. The van der Waals surface area contributed by atoms with Crippen LogP contribution in [0.2, 0.25) is 0 Å². The maximum absolute atomic E-state index is 13.1. The van der Waals surface area contributed by atoms with Crippen molar-refractivity contribution >= 4 is 5.69 Å². The second-order valence-corrected chi connectivity index (χ2v) is 4.39. The van der Waals surface area contributed by atoms with E-state index in [0.29, 0.717) is 18.2 Å². The molecule has 0 radical (unpaired) electrons. The minimum Gasteiger partial charge on any atom is -0.310 e. The van der Waals surface area contributed by atoms with E-state index < -0.39 is 10.7 Å². The molecule has 0 spiro atoms. The monoisotopic (exact) mass is 238 g/mol. The van der Waals surface area contributed by atoms with Gasteiger partial charge >= 0.3 is 0 Å². The molecule has 0 saturated heterocycles. The van der Waals surface area contributed by atoms with Crippen molar-refractivity contribution in [3.8, 4) is 0 Å². The summed E-state index contributed by atoms with van der Waals surface area (Å²) in [5.41, 5.74) is 0.402. The number of hydrogen-bond acceptors (Lipinski definition) is 3. The fourth-order valence-corrected chi connectivity index (χ4v) is 2.26. The Morgan fingerprint density at radius 2 is 2.12 bits per heavy atom. The molecule has 1 saturated carbocycles. The highest BCUT2D eigenvalue weighted by Crippen LogP contribution is 2.22. The first kappa shape index (κ1) is 12.0. The van der Waals surface area contributed by atoms with Gasteiger partial charge in [-0.15, -0.1) is 0 Å². The fraction of sp³-hybridized carbons (Fsp3) is 0.500. The topological polar surface area (TPSA) is 55.2 Å². The smallest absolute Gasteiger partial charge is 0.274 e. The summed E-state index contributed by atoms with van der Waals surface area (Å²) in [5.74, 6) is -0.432. The van der Waals surface area contributed by atoms with Gasteiger partial charge in [0.05, 0.1) is 4.92 Å². The molecule has 92 valence electrons. The van der Waals surface area contributed by atoms with Crippen LogP contribution in [0.4, 0.5) is 10.1 Å². The fourth-order valence-electron chi connectivity index (χ4n) is 2.26. The first-order valence-electron chi connectivity index (χ1n) is 5.83. The van der Waals surface area contributed by atoms with Crippen molar-refractivity contribution in [3.63, 3.8) is 0 Å². The van der Waals surface area contributed by atoms with Crippen molar-refractivity contribution in [3.05, 3.63) is 39.7 Å². The van der Waals surface area contributed by atoms with Crippen molar-refractivity contribution in [1.29, 1.82) is 0 Å². The average molecular weight is 238 g/mol. The van der Waals surface area contributed by atoms with Crippen LogP contribution in [0.5, 0.6) is 0 Å². The molecular weight excluding hydrogens is 223 g/mol. The van der Waals surface area contributed by atoms with E-state index in [4.69, 9.17) is 0 Å². The number of hydrogen-bond donors (Lipinski definition) is 1. The zero-order valence-electron chi connectivity index (χ0n) is 9.49. The number of nitrogens with zero attached hydrogens (tertiary/aromatic N) is 1. The number of halogens is 1. The van der Waals surface area contributed by atoms with Gasteiger partial charge in [-0.1, -0.05) is 12.8 Å². The van der Waals surface area contributed by atoms with Crippen LogP contribution in [0.15, 0.2) is 18.2 Å². The predicted molar refractivity (Wildman–Crippen MR) is 62.2 cm³/mol. The molecule has 1 N–H and O–H groups in total. The Bertz CT molecular complexity index is 417. The molecule has 17 heavy (non-hydrogen) atoms.